The topological polar surface area (TPSA) is 52.6 Å². The molecule has 1 atom stereocenters. The number of hydrogen-bond acceptors (Lipinski definition) is 4. The second-order valence-corrected chi connectivity index (χ2v) is 5.02. The first-order chi connectivity index (χ1) is 8.03. The van der Waals surface area contributed by atoms with Gasteiger partial charge in [-0.2, -0.15) is 8.42 Å². The molecule has 0 saturated carbocycles. The third kappa shape index (κ3) is 5.63. The first kappa shape index (κ1) is 13.9. The van der Waals surface area contributed by atoms with Gasteiger partial charge < -0.3 is 4.74 Å². The van der Waals surface area contributed by atoms with Crippen molar-refractivity contribution < 1.29 is 17.3 Å². The van der Waals surface area contributed by atoms with Crippen LogP contribution in [0.1, 0.15) is 12.5 Å². The predicted octanol–water partition coefficient (Wildman–Crippen LogP) is 2.04. The van der Waals surface area contributed by atoms with E-state index in [1.807, 2.05) is 30.3 Å². The molecule has 94 valence electrons. The van der Waals surface area contributed by atoms with Crippen molar-refractivity contribution in [3.63, 3.8) is 0 Å². The van der Waals surface area contributed by atoms with Crippen LogP contribution in [0.5, 0.6) is 0 Å². The van der Waals surface area contributed by atoms with Gasteiger partial charge in [-0.1, -0.05) is 30.3 Å². The zero-order valence-corrected chi connectivity index (χ0v) is 10.7. The van der Waals surface area contributed by atoms with Gasteiger partial charge in [-0.15, -0.1) is 0 Å². The van der Waals surface area contributed by atoms with Gasteiger partial charge in [0.25, 0.3) is 10.1 Å². The predicted molar refractivity (Wildman–Crippen MR) is 66.8 cm³/mol. The molecular weight excluding hydrogens is 240 g/mol. The fourth-order valence-electron chi connectivity index (χ4n) is 1.25. The Kier molecular flexibility index (Phi) is 5.34. The summed E-state index contributed by atoms with van der Waals surface area (Å²) < 4.78 is 32.7. The Labute approximate surface area is 102 Å². The van der Waals surface area contributed by atoms with E-state index in [1.54, 1.807) is 6.92 Å². The summed E-state index contributed by atoms with van der Waals surface area (Å²) in [6.07, 6.45) is 1.000. The number of benzene rings is 1. The Balaban J connectivity index is 2.64. The van der Waals surface area contributed by atoms with Gasteiger partial charge in [0.15, 0.2) is 0 Å². The molecule has 0 aliphatic carbocycles. The molecular formula is C12H16O4S. The van der Waals surface area contributed by atoms with E-state index >= 15 is 0 Å². The van der Waals surface area contributed by atoms with Gasteiger partial charge in [0.05, 0.1) is 18.1 Å². The van der Waals surface area contributed by atoms with Crippen LogP contribution in [-0.2, 0) is 19.0 Å². The minimum Gasteiger partial charge on any atom is -0.382 e. The van der Waals surface area contributed by atoms with E-state index in [-0.39, 0.29) is 6.61 Å². The summed E-state index contributed by atoms with van der Waals surface area (Å²) in [6.45, 7) is 1.87. The van der Waals surface area contributed by atoms with Gasteiger partial charge in [-0.3, -0.25) is 4.18 Å². The van der Waals surface area contributed by atoms with Crippen LogP contribution in [0.15, 0.2) is 35.7 Å². The molecule has 1 aromatic carbocycles. The molecule has 0 heterocycles. The highest BCUT2D eigenvalue weighted by Crippen LogP contribution is 2.07. The van der Waals surface area contributed by atoms with Crippen LogP contribution in [0.25, 0.3) is 6.08 Å². The van der Waals surface area contributed by atoms with Crippen LogP contribution in [0.2, 0.25) is 0 Å². The van der Waals surface area contributed by atoms with E-state index in [2.05, 4.69) is 0 Å². The molecule has 5 heteroatoms. The Morgan fingerprint density at radius 3 is 2.53 bits per heavy atom. The van der Waals surface area contributed by atoms with Crippen LogP contribution in [0.3, 0.4) is 0 Å². The number of ether oxygens (including phenoxy) is 1. The molecule has 0 spiro atoms. The van der Waals surface area contributed by atoms with Crippen LogP contribution < -0.4 is 0 Å². The summed E-state index contributed by atoms with van der Waals surface area (Å²) in [7, 11) is -2.17. The van der Waals surface area contributed by atoms with Crippen molar-refractivity contribution in [1.29, 1.82) is 0 Å². The molecule has 1 rings (SSSR count). The maximum Gasteiger partial charge on any atom is 0.290 e. The standard InChI is InChI=1S/C12H16O4S/c1-11(10-15-2)16-17(13,14)9-8-12-6-4-3-5-7-12/h3-9,11H,10H2,1-2H3. The van der Waals surface area contributed by atoms with E-state index in [9.17, 15) is 8.42 Å². The summed E-state index contributed by atoms with van der Waals surface area (Å²) >= 11 is 0. The van der Waals surface area contributed by atoms with Crippen LogP contribution in [-0.4, -0.2) is 28.2 Å². The van der Waals surface area contributed by atoms with Crippen molar-refractivity contribution in [1.82, 2.24) is 0 Å². The zero-order valence-electron chi connectivity index (χ0n) is 9.87. The average molecular weight is 256 g/mol. The molecule has 0 saturated heterocycles. The highest BCUT2D eigenvalue weighted by Gasteiger charge is 2.12. The van der Waals surface area contributed by atoms with Gasteiger partial charge in [0, 0.05) is 7.11 Å². The molecule has 0 fully saturated rings. The maximum atomic E-state index is 11.5. The van der Waals surface area contributed by atoms with Gasteiger partial charge in [-0.25, -0.2) is 0 Å². The highest BCUT2D eigenvalue weighted by atomic mass is 32.2. The molecule has 1 unspecified atom stereocenters. The molecule has 0 N–H and O–H groups in total. The van der Waals surface area contributed by atoms with Crippen molar-refractivity contribution in [3.8, 4) is 0 Å². The molecule has 0 amide bonds. The Morgan fingerprint density at radius 2 is 1.94 bits per heavy atom. The summed E-state index contributed by atoms with van der Waals surface area (Å²) in [5.74, 6) is 0. The first-order valence-corrected chi connectivity index (χ1v) is 6.66. The number of hydrogen-bond donors (Lipinski definition) is 0. The van der Waals surface area contributed by atoms with Gasteiger partial charge in [0.1, 0.15) is 0 Å². The minimum absolute atomic E-state index is 0.235. The fourth-order valence-corrected chi connectivity index (χ4v) is 2.15. The Bertz CT molecular complexity index is 451. The SMILES string of the molecule is COCC(C)OS(=O)(=O)C=Cc1ccccc1. The molecule has 0 aliphatic heterocycles. The highest BCUT2D eigenvalue weighted by molar-refractivity contribution is 7.89. The lowest BCUT2D eigenvalue weighted by Crippen LogP contribution is -2.18. The second kappa shape index (κ2) is 6.54. The van der Waals surface area contributed by atoms with Crippen molar-refractivity contribution >= 4 is 16.2 Å². The van der Waals surface area contributed by atoms with E-state index < -0.39 is 16.2 Å². The first-order valence-electron chi connectivity index (χ1n) is 5.19. The zero-order chi connectivity index (χ0) is 12.7. The molecule has 0 aliphatic rings. The van der Waals surface area contributed by atoms with Gasteiger partial charge >= 0.3 is 0 Å². The van der Waals surface area contributed by atoms with Crippen LogP contribution in [0.4, 0.5) is 0 Å². The lowest BCUT2D eigenvalue weighted by Gasteiger charge is -2.09. The van der Waals surface area contributed by atoms with E-state index in [4.69, 9.17) is 8.92 Å². The van der Waals surface area contributed by atoms with Crippen molar-refractivity contribution in [2.24, 2.45) is 0 Å². The van der Waals surface area contributed by atoms with E-state index in [1.165, 1.54) is 13.2 Å². The van der Waals surface area contributed by atoms with E-state index in [0.717, 1.165) is 11.0 Å². The lowest BCUT2D eigenvalue weighted by atomic mass is 10.2. The molecule has 17 heavy (non-hydrogen) atoms. The van der Waals surface area contributed by atoms with Gasteiger partial charge in [0.2, 0.25) is 0 Å². The second-order valence-electron chi connectivity index (χ2n) is 3.57. The maximum absolute atomic E-state index is 11.5. The minimum atomic E-state index is -3.66. The van der Waals surface area contributed by atoms with Gasteiger partial charge in [-0.05, 0) is 18.6 Å². The molecule has 0 aromatic heterocycles. The quantitative estimate of drug-likeness (QED) is 0.731. The van der Waals surface area contributed by atoms with E-state index in [0.29, 0.717) is 0 Å². The molecule has 1 aromatic rings. The monoisotopic (exact) mass is 256 g/mol. The van der Waals surface area contributed by atoms with Crippen LogP contribution >= 0.6 is 0 Å². The van der Waals surface area contributed by atoms with Crippen LogP contribution in [0, 0.1) is 0 Å². The van der Waals surface area contributed by atoms with Crippen molar-refractivity contribution in [2.75, 3.05) is 13.7 Å². The Morgan fingerprint density at radius 1 is 1.29 bits per heavy atom. The molecule has 0 radical (unpaired) electrons. The summed E-state index contributed by atoms with van der Waals surface area (Å²) in [4.78, 5) is 0. The third-order valence-electron chi connectivity index (χ3n) is 1.93. The summed E-state index contributed by atoms with van der Waals surface area (Å²) in [6, 6.07) is 9.15. The number of methoxy groups -OCH3 is 1. The molecule has 4 nitrogen and oxygen atoms in total. The Hall–Kier alpha value is -1.17. The largest absolute Gasteiger partial charge is 0.382 e. The molecule has 0 bridgehead atoms. The summed E-state index contributed by atoms with van der Waals surface area (Å²) in [5, 5.41) is 1.05. The summed E-state index contributed by atoms with van der Waals surface area (Å²) in [5.41, 5.74) is 0.805. The lowest BCUT2D eigenvalue weighted by molar-refractivity contribution is 0.0975. The average Bonchev–Trinajstić information content (AvgIpc) is 2.27. The number of rotatable bonds is 6. The van der Waals surface area contributed by atoms with Crippen molar-refractivity contribution in [2.45, 2.75) is 13.0 Å². The smallest absolute Gasteiger partial charge is 0.290 e. The fraction of sp³-hybridized carbons (Fsp3) is 0.333. The normalized spacial score (nSPS) is 14.0. The third-order valence-corrected chi connectivity index (χ3v) is 2.99. The van der Waals surface area contributed by atoms with Crippen molar-refractivity contribution in [3.05, 3.63) is 41.3 Å².